The number of carbonyl (C=O) groups is 1. The molecule has 1 atom stereocenters. The van der Waals surface area contributed by atoms with Crippen molar-refractivity contribution in [2.75, 3.05) is 13.2 Å². The Morgan fingerprint density at radius 2 is 2.07 bits per heavy atom. The van der Waals surface area contributed by atoms with E-state index in [4.69, 9.17) is 9.84 Å². The van der Waals surface area contributed by atoms with Gasteiger partial charge in [0.05, 0.1) is 18.8 Å². The van der Waals surface area contributed by atoms with E-state index >= 15 is 0 Å². The summed E-state index contributed by atoms with van der Waals surface area (Å²) in [6.07, 6.45) is 2.61. The number of carbonyl (C=O) groups excluding carboxylic acids is 1. The summed E-state index contributed by atoms with van der Waals surface area (Å²) in [4.78, 5) is 12.3. The first kappa shape index (κ1) is 17.3. The number of phenols is 1. The molecule has 1 aromatic heterocycles. The van der Waals surface area contributed by atoms with Crippen LogP contribution in [0.2, 0.25) is 0 Å². The van der Waals surface area contributed by atoms with Crippen molar-refractivity contribution in [1.29, 1.82) is 0 Å². The topological polar surface area (TPSA) is 76.4 Å². The monoisotopic (exact) mass is 363 g/mol. The molecule has 2 N–H and O–H groups in total. The molecule has 1 amide bonds. The summed E-state index contributed by atoms with van der Waals surface area (Å²) in [5.74, 6) is -0.177. The lowest BCUT2D eigenvalue weighted by Gasteiger charge is -2.22. The normalized spacial score (nSPS) is 15.9. The van der Waals surface area contributed by atoms with Crippen LogP contribution in [0.5, 0.6) is 5.75 Å². The van der Waals surface area contributed by atoms with Gasteiger partial charge in [0.2, 0.25) is 0 Å². The van der Waals surface area contributed by atoms with E-state index in [0.717, 1.165) is 17.7 Å². The molecule has 3 aromatic rings. The lowest BCUT2D eigenvalue weighted by molar-refractivity contribution is 0.0383. The van der Waals surface area contributed by atoms with Crippen molar-refractivity contribution < 1.29 is 14.6 Å². The highest BCUT2D eigenvalue weighted by Gasteiger charge is 2.25. The largest absolute Gasteiger partial charge is 0.508 e. The molecule has 1 aliphatic heterocycles. The number of nitrogens with one attached hydrogen (secondary N) is 1. The third-order valence-corrected chi connectivity index (χ3v) is 4.61. The van der Waals surface area contributed by atoms with Gasteiger partial charge in [-0.15, -0.1) is 0 Å². The summed E-state index contributed by atoms with van der Waals surface area (Å²) < 4.78 is 7.77. The number of aromatic hydroxyl groups is 1. The molecule has 0 unspecified atom stereocenters. The Kier molecular flexibility index (Phi) is 4.89. The molecule has 6 nitrogen and oxygen atoms in total. The molecule has 0 aliphatic carbocycles. The van der Waals surface area contributed by atoms with Gasteiger partial charge in [0.1, 0.15) is 11.9 Å². The van der Waals surface area contributed by atoms with Crippen LogP contribution in [0.1, 0.15) is 33.3 Å². The highest BCUT2D eigenvalue weighted by molar-refractivity contribution is 5.94. The fourth-order valence-electron chi connectivity index (χ4n) is 3.27. The SMILES string of the molecule is O=C(NC[C@H]1OCCc2cn(Cc3ccccc3)nc21)c1cccc(O)c1. The van der Waals surface area contributed by atoms with Gasteiger partial charge in [0.15, 0.2) is 0 Å². The first-order valence-electron chi connectivity index (χ1n) is 8.98. The fraction of sp³-hybridized carbons (Fsp3) is 0.238. The van der Waals surface area contributed by atoms with E-state index in [1.807, 2.05) is 22.9 Å². The summed E-state index contributed by atoms with van der Waals surface area (Å²) in [5.41, 5.74) is 3.65. The van der Waals surface area contributed by atoms with Crippen LogP contribution in [0, 0.1) is 0 Å². The molecule has 0 saturated heterocycles. The Labute approximate surface area is 157 Å². The van der Waals surface area contributed by atoms with Gasteiger partial charge in [0.25, 0.3) is 5.91 Å². The molecular weight excluding hydrogens is 342 g/mol. The number of ether oxygens (including phenoxy) is 1. The summed E-state index contributed by atoms with van der Waals surface area (Å²) in [7, 11) is 0. The predicted molar refractivity (Wildman–Crippen MR) is 101 cm³/mol. The third kappa shape index (κ3) is 4.01. The molecule has 138 valence electrons. The second-order valence-corrected chi connectivity index (χ2v) is 6.59. The number of rotatable bonds is 5. The number of phenolic OH excluding ortho intramolecular Hbond substituents is 1. The number of benzene rings is 2. The molecule has 1 aliphatic rings. The molecule has 0 bridgehead atoms. The second kappa shape index (κ2) is 7.63. The molecule has 0 saturated carbocycles. The lowest BCUT2D eigenvalue weighted by atomic mass is 10.1. The van der Waals surface area contributed by atoms with Crippen molar-refractivity contribution in [3.05, 3.63) is 83.2 Å². The third-order valence-electron chi connectivity index (χ3n) is 4.61. The predicted octanol–water partition coefficient (Wildman–Crippen LogP) is 2.68. The number of hydrogen-bond acceptors (Lipinski definition) is 4. The molecule has 27 heavy (non-hydrogen) atoms. The standard InChI is InChI=1S/C21H21N3O3/c25-18-8-4-7-16(11-18)21(26)22-12-19-20-17(9-10-27-19)14-24(23-20)13-15-5-2-1-3-6-15/h1-8,11,14,19,25H,9-10,12-13H2,(H,22,26)/t19-/m1/s1. The van der Waals surface area contributed by atoms with Crippen LogP contribution in [0.3, 0.4) is 0 Å². The highest BCUT2D eigenvalue weighted by atomic mass is 16.5. The summed E-state index contributed by atoms with van der Waals surface area (Å²) in [5, 5.41) is 17.1. The van der Waals surface area contributed by atoms with Crippen LogP contribution in [-0.4, -0.2) is 33.9 Å². The zero-order valence-corrected chi connectivity index (χ0v) is 14.8. The van der Waals surface area contributed by atoms with Crippen molar-refractivity contribution in [2.24, 2.45) is 0 Å². The number of aromatic nitrogens is 2. The summed E-state index contributed by atoms with van der Waals surface area (Å²) >= 11 is 0. The second-order valence-electron chi connectivity index (χ2n) is 6.59. The zero-order chi connectivity index (χ0) is 18.6. The number of amides is 1. The van der Waals surface area contributed by atoms with Gasteiger partial charge in [-0.1, -0.05) is 36.4 Å². The Balaban J connectivity index is 1.44. The van der Waals surface area contributed by atoms with Crippen LogP contribution in [0.25, 0.3) is 0 Å². The summed E-state index contributed by atoms with van der Waals surface area (Å²) in [6.45, 7) is 1.65. The van der Waals surface area contributed by atoms with Crippen molar-refractivity contribution in [2.45, 2.75) is 19.1 Å². The average molecular weight is 363 g/mol. The fourth-order valence-corrected chi connectivity index (χ4v) is 3.27. The van der Waals surface area contributed by atoms with E-state index in [9.17, 15) is 9.90 Å². The average Bonchev–Trinajstić information content (AvgIpc) is 3.10. The molecule has 0 fully saturated rings. The quantitative estimate of drug-likeness (QED) is 0.731. The van der Waals surface area contributed by atoms with Gasteiger partial charge < -0.3 is 15.2 Å². The van der Waals surface area contributed by atoms with E-state index in [2.05, 4.69) is 23.6 Å². The lowest BCUT2D eigenvalue weighted by Crippen LogP contribution is -2.31. The number of nitrogens with zero attached hydrogens (tertiary/aromatic N) is 2. The van der Waals surface area contributed by atoms with Crippen LogP contribution < -0.4 is 5.32 Å². The molecule has 4 rings (SSSR count). The van der Waals surface area contributed by atoms with Crippen molar-refractivity contribution in [3.8, 4) is 5.75 Å². The Hall–Kier alpha value is -3.12. The van der Waals surface area contributed by atoms with Gasteiger partial charge >= 0.3 is 0 Å². The van der Waals surface area contributed by atoms with Crippen LogP contribution in [-0.2, 0) is 17.7 Å². The number of fused-ring (bicyclic) bond motifs is 1. The van der Waals surface area contributed by atoms with Gasteiger partial charge in [-0.25, -0.2) is 0 Å². The molecule has 0 spiro atoms. The maximum absolute atomic E-state index is 12.3. The van der Waals surface area contributed by atoms with Crippen molar-refractivity contribution >= 4 is 5.91 Å². The first-order valence-corrected chi connectivity index (χ1v) is 8.98. The smallest absolute Gasteiger partial charge is 0.251 e. The maximum Gasteiger partial charge on any atom is 0.251 e. The molecule has 0 radical (unpaired) electrons. The van der Waals surface area contributed by atoms with E-state index in [-0.39, 0.29) is 17.8 Å². The van der Waals surface area contributed by atoms with Crippen molar-refractivity contribution in [3.63, 3.8) is 0 Å². The summed E-state index contributed by atoms with van der Waals surface area (Å²) in [6, 6.07) is 16.5. The van der Waals surface area contributed by atoms with Crippen molar-refractivity contribution in [1.82, 2.24) is 15.1 Å². The van der Waals surface area contributed by atoms with E-state index in [0.29, 0.717) is 25.3 Å². The van der Waals surface area contributed by atoms with Gasteiger partial charge in [-0.3, -0.25) is 9.48 Å². The Morgan fingerprint density at radius 1 is 1.22 bits per heavy atom. The minimum atomic E-state index is -0.271. The minimum absolute atomic E-state index is 0.0681. The Bertz CT molecular complexity index is 937. The molecule has 6 heteroatoms. The maximum atomic E-state index is 12.3. The van der Waals surface area contributed by atoms with Gasteiger partial charge in [0, 0.05) is 18.3 Å². The Morgan fingerprint density at radius 3 is 2.89 bits per heavy atom. The molecule has 2 heterocycles. The zero-order valence-electron chi connectivity index (χ0n) is 14.8. The van der Waals surface area contributed by atoms with E-state index in [1.165, 1.54) is 17.7 Å². The van der Waals surface area contributed by atoms with Gasteiger partial charge in [-0.2, -0.15) is 5.10 Å². The van der Waals surface area contributed by atoms with Crippen LogP contribution in [0.15, 0.2) is 60.8 Å². The molecule has 2 aromatic carbocycles. The van der Waals surface area contributed by atoms with E-state index in [1.54, 1.807) is 12.1 Å². The first-order chi connectivity index (χ1) is 13.2. The van der Waals surface area contributed by atoms with Gasteiger partial charge in [-0.05, 0) is 35.7 Å². The minimum Gasteiger partial charge on any atom is -0.508 e. The van der Waals surface area contributed by atoms with Crippen LogP contribution in [0.4, 0.5) is 0 Å². The number of hydrogen-bond donors (Lipinski definition) is 2. The molecular formula is C21H21N3O3. The van der Waals surface area contributed by atoms with E-state index < -0.39 is 0 Å². The highest BCUT2D eigenvalue weighted by Crippen LogP contribution is 2.25. The van der Waals surface area contributed by atoms with Crippen LogP contribution >= 0.6 is 0 Å².